The number of hydrogen-bond donors (Lipinski definition) is 0. The lowest BCUT2D eigenvalue weighted by Gasteiger charge is -2.25. The zero-order valence-electron chi connectivity index (χ0n) is 11.4. The lowest BCUT2D eigenvalue weighted by molar-refractivity contribution is -0.139. The molecule has 0 bridgehead atoms. The Balaban J connectivity index is 3.85. The monoisotopic (exact) mass is 226 g/mol. The van der Waals surface area contributed by atoms with Crippen molar-refractivity contribution in [2.45, 2.75) is 47.5 Å². The molecule has 0 fully saturated rings. The van der Waals surface area contributed by atoms with E-state index in [4.69, 9.17) is 4.74 Å². The minimum Gasteiger partial charge on any atom is -0.462 e. The van der Waals surface area contributed by atoms with E-state index in [0.717, 1.165) is 12.3 Å². The first-order valence-corrected chi connectivity index (χ1v) is 6.22. The molecule has 16 heavy (non-hydrogen) atoms. The minimum absolute atomic E-state index is 0.275. The number of carbonyl (C=O) groups excluding carboxylic acids is 1. The van der Waals surface area contributed by atoms with E-state index in [1.54, 1.807) is 6.92 Å². The van der Waals surface area contributed by atoms with Gasteiger partial charge in [0.25, 0.3) is 0 Å². The summed E-state index contributed by atoms with van der Waals surface area (Å²) in [6, 6.07) is 0. The van der Waals surface area contributed by atoms with E-state index in [-0.39, 0.29) is 5.97 Å². The molecule has 3 unspecified atom stereocenters. The third kappa shape index (κ3) is 5.34. The highest BCUT2D eigenvalue weighted by molar-refractivity contribution is 5.86. The molecule has 0 radical (unpaired) electrons. The van der Waals surface area contributed by atoms with Crippen LogP contribution in [0.1, 0.15) is 47.5 Å². The highest BCUT2D eigenvalue weighted by atomic mass is 16.5. The molecule has 3 atom stereocenters. The largest absolute Gasteiger partial charge is 0.462 e. The highest BCUT2D eigenvalue weighted by Gasteiger charge is 2.18. The zero-order chi connectivity index (χ0) is 12.7. The van der Waals surface area contributed by atoms with Crippen molar-refractivity contribution in [3.63, 3.8) is 0 Å². The molecule has 0 N–H and O–H groups in total. The molecule has 0 aliphatic carbocycles. The number of ether oxygens (including phenoxy) is 1. The van der Waals surface area contributed by atoms with Crippen LogP contribution in [0, 0.1) is 17.8 Å². The van der Waals surface area contributed by atoms with Gasteiger partial charge in [-0.05, 0) is 31.1 Å². The van der Waals surface area contributed by atoms with Crippen LogP contribution in [-0.4, -0.2) is 12.6 Å². The van der Waals surface area contributed by atoms with Gasteiger partial charge in [0.05, 0.1) is 6.61 Å². The molecule has 0 aromatic rings. The van der Waals surface area contributed by atoms with Crippen LogP contribution in [0.3, 0.4) is 0 Å². The molecule has 0 spiro atoms. The maximum absolute atomic E-state index is 11.2. The van der Waals surface area contributed by atoms with Crippen molar-refractivity contribution in [1.29, 1.82) is 0 Å². The van der Waals surface area contributed by atoms with Gasteiger partial charge in [-0.2, -0.15) is 0 Å². The summed E-state index contributed by atoms with van der Waals surface area (Å²) >= 11 is 0. The number of esters is 1. The molecule has 0 rings (SSSR count). The summed E-state index contributed by atoms with van der Waals surface area (Å²) in [5, 5.41) is 0. The van der Waals surface area contributed by atoms with Crippen molar-refractivity contribution in [3.05, 3.63) is 12.2 Å². The van der Waals surface area contributed by atoms with E-state index in [9.17, 15) is 4.79 Å². The molecule has 0 aliphatic rings. The Kier molecular flexibility index (Phi) is 7.11. The Hall–Kier alpha value is -0.790. The summed E-state index contributed by atoms with van der Waals surface area (Å²) in [7, 11) is 0. The summed E-state index contributed by atoms with van der Waals surface area (Å²) in [6.45, 7) is 14.7. The molecule has 0 aromatic heterocycles. The van der Waals surface area contributed by atoms with Crippen LogP contribution in [0.5, 0.6) is 0 Å². The van der Waals surface area contributed by atoms with Crippen LogP contribution in [-0.2, 0) is 9.53 Å². The molecule has 0 aromatic carbocycles. The smallest absolute Gasteiger partial charge is 0.333 e. The third-order valence-electron chi connectivity index (χ3n) is 3.59. The van der Waals surface area contributed by atoms with Gasteiger partial charge in [0.2, 0.25) is 0 Å². The van der Waals surface area contributed by atoms with Gasteiger partial charge in [-0.1, -0.05) is 40.7 Å². The predicted molar refractivity (Wildman–Crippen MR) is 68.2 cm³/mol. The van der Waals surface area contributed by atoms with Gasteiger partial charge in [-0.15, -0.1) is 0 Å². The molecule has 0 saturated carbocycles. The van der Waals surface area contributed by atoms with Crippen LogP contribution in [0.15, 0.2) is 12.2 Å². The van der Waals surface area contributed by atoms with Gasteiger partial charge in [-0.25, -0.2) is 4.79 Å². The summed E-state index contributed by atoms with van der Waals surface area (Å²) < 4.78 is 5.10. The predicted octanol–water partition coefficient (Wildman–Crippen LogP) is 3.81. The van der Waals surface area contributed by atoms with E-state index < -0.39 is 0 Å². The second kappa shape index (κ2) is 7.48. The number of carbonyl (C=O) groups is 1. The fraction of sp³-hybridized carbons (Fsp3) is 0.786. The SMILES string of the molecule is C=C(C)C(=O)OCCC(C)C(C)C(C)CC. The topological polar surface area (TPSA) is 26.3 Å². The van der Waals surface area contributed by atoms with E-state index in [2.05, 4.69) is 34.3 Å². The van der Waals surface area contributed by atoms with Crippen LogP contribution >= 0.6 is 0 Å². The minimum atomic E-state index is -0.275. The Labute approximate surface area is 100 Å². The molecular formula is C14H26O2. The van der Waals surface area contributed by atoms with Crippen molar-refractivity contribution < 1.29 is 9.53 Å². The summed E-state index contributed by atoms with van der Waals surface area (Å²) in [5.74, 6) is 1.72. The standard InChI is InChI=1S/C14H26O2/c1-7-11(4)13(6)12(5)8-9-16-14(15)10(2)3/h11-13H,2,7-9H2,1,3-6H3. The molecule has 2 heteroatoms. The highest BCUT2D eigenvalue weighted by Crippen LogP contribution is 2.25. The summed E-state index contributed by atoms with van der Waals surface area (Å²) in [4.78, 5) is 11.2. The van der Waals surface area contributed by atoms with Crippen molar-refractivity contribution in [1.82, 2.24) is 0 Å². The molecule has 0 aliphatic heterocycles. The molecule has 0 heterocycles. The van der Waals surface area contributed by atoms with Gasteiger partial charge in [-0.3, -0.25) is 0 Å². The Morgan fingerprint density at radius 3 is 2.25 bits per heavy atom. The molecule has 2 nitrogen and oxygen atoms in total. The average molecular weight is 226 g/mol. The van der Waals surface area contributed by atoms with Gasteiger partial charge in [0.1, 0.15) is 0 Å². The Morgan fingerprint density at radius 1 is 1.25 bits per heavy atom. The van der Waals surface area contributed by atoms with Crippen LogP contribution in [0.25, 0.3) is 0 Å². The molecule has 94 valence electrons. The first-order valence-electron chi connectivity index (χ1n) is 6.22. The lowest BCUT2D eigenvalue weighted by Crippen LogP contribution is -2.18. The lowest BCUT2D eigenvalue weighted by atomic mass is 9.82. The first-order chi connectivity index (χ1) is 7.40. The fourth-order valence-corrected chi connectivity index (χ4v) is 1.66. The normalized spacial score (nSPS) is 16.3. The van der Waals surface area contributed by atoms with Crippen LogP contribution < -0.4 is 0 Å². The molecular weight excluding hydrogens is 200 g/mol. The molecule has 0 saturated heterocycles. The van der Waals surface area contributed by atoms with Crippen LogP contribution in [0.2, 0.25) is 0 Å². The van der Waals surface area contributed by atoms with Gasteiger partial charge >= 0.3 is 5.97 Å². The van der Waals surface area contributed by atoms with E-state index in [1.165, 1.54) is 6.42 Å². The maximum atomic E-state index is 11.2. The second-order valence-electron chi connectivity index (χ2n) is 4.93. The van der Waals surface area contributed by atoms with Crippen molar-refractivity contribution >= 4 is 5.97 Å². The van der Waals surface area contributed by atoms with Crippen molar-refractivity contribution in [3.8, 4) is 0 Å². The number of hydrogen-bond acceptors (Lipinski definition) is 2. The average Bonchev–Trinajstić information content (AvgIpc) is 2.26. The van der Waals surface area contributed by atoms with Gasteiger partial charge in [0, 0.05) is 5.57 Å². The van der Waals surface area contributed by atoms with Gasteiger partial charge in [0.15, 0.2) is 0 Å². The molecule has 0 amide bonds. The second-order valence-corrected chi connectivity index (χ2v) is 4.93. The maximum Gasteiger partial charge on any atom is 0.333 e. The Morgan fingerprint density at radius 2 is 1.81 bits per heavy atom. The zero-order valence-corrected chi connectivity index (χ0v) is 11.4. The van der Waals surface area contributed by atoms with E-state index in [1.807, 2.05) is 0 Å². The Bertz CT molecular complexity index is 233. The van der Waals surface area contributed by atoms with E-state index >= 15 is 0 Å². The quantitative estimate of drug-likeness (QED) is 0.487. The fourth-order valence-electron chi connectivity index (χ4n) is 1.66. The number of rotatable bonds is 7. The first kappa shape index (κ1) is 15.2. The van der Waals surface area contributed by atoms with Crippen LogP contribution in [0.4, 0.5) is 0 Å². The van der Waals surface area contributed by atoms with Crippen molar-refractivity contribution in [2.24, 2.45) is 17.8 Å². The van der Waals surface area contributed by atoms with Gasteiger partial charge < -0.3 is 4.74 Å². The summed E-state index contributed by atoms with van der Waals surface area (Å²) in [5.41, 5.74) is 0.475. The third-order valence-corrected chi connectivity index (χ3v) is 3.59. The van der Waals surface area contributed by atoms with E-state index in [0.29, 0.717) is 24.0 Å². The summed E-state index contributed by atoms with van der Waals surface area (Å²) in [6.07, 6.45) is 2.14. The van der Waals surface area contributed by atoms with Crippen molar-refractivity contribution in [2.75, 3.05) is 6.61 Å².